The fourth-order valence-corrected chi connectivity index (χ4v) is 2.87. The fourth-order valence-electron chi connectivity index (χ4n) is 2.87. The molecule has 0 aromatic carbocycles. The van der Waals surface area contributed by atoms with Crippen molar-refractivity contribution in [2.24, 2.45) is 11.8 Å². The van der Waals surface area contributed by atoms with Gasteiger partial charge in [0, 0.05) is 6.61 Å². The predicted octanol–water partition coefficient (Wildman–Crippen LogP) is 4.33. The van der Waals surface area contributed by atoms with Gasteiger partial charge in [0.25, 0.3) is 0 Å². The summed E-state index contributed by atoms with van der Waals surface area (Å²) < 4.78 is 5.89. The molecule has 16 heavy (non-hydrogen) atoms. The summed E-state index contributed by atoms with van der Waals surface area (Å²) in [4.78, 5) is 0. The third kappa shape index (κ3) is 3.62. The molecule has 0 amide bonds. The topological polar surface area (TPSA) is 9.23 Å². The van der Waals surface area contributed by atoms with Crippen molar-refractivity contribution < 1.29 is 4.74 Å². The van der Waals surface area contributed by atoms with Crippen molar-refractivity contribution in [3.05, 3.63) is 11.6 Å². The van der Waals surface area contributed by atoms with Crippen molar-refractivity contribution in [3.8, 4) is 0 Å². The molecule has 1 saturated heterocycles. The molecule has 1 nitrogen and oxygen atoms in total. The van der Waals surface area contributed by atoms with E-state index in [-0.39, 0.29) is 0 Å². The van der Waals surface area contributed by atoms with Gasteiger partial charge in [-0.1, -0.05) is 18.6 Å². The third-order valence-corrected chi connectivity index (χ3v) is 4.24. The lowest BCUT2D eigenvalue weighted by Gasteiger charge is -2.28. The first-order valence-electron chi connectivity index (χ1n) is 7.01. The molecule has 0 N–H and O–H groups in total. The standard InChI is InChI=1S/C15H26O/c1-12-3-6-14(7-4-12)8-10-15-9-5-13(2)11-16-15/h3,13-15H,4-11H2,1-2H3. The van der Waals surface area contributed by atoms with Crippen LogP contribution in [0.5, 0.6) is 0 Å². The van der Waals surface area contributed by atoms with Crippen LogP contribution in [-0.2, 0) is 4.74 Å². The molecule has 0 radical (unpaired) electrons. The highest BCUT2D eigenvalue weighted by atomic mass is 16.5. The van der Waals surface area contributed by atoms with Gasteiger partial charge < -0.3 is 4.74 Å². The van der Waals surface area contributed by atoms with Gasteiger partial charge in [-0.05, 0) is 63.7 Å². The van der Waals surface area contributed by atoms with Crippen molar-refractivity contribution in [1.82, 2.24) is 0 Å². The molecular weight excluding hydrogens is 196 g/mol. The van der Waals surface area contributed by atoms with Crippen LogP contribution in [0.2, 0.25) is 0 Å². The van der Waals surface area contributed by atoms with Gasteiger partial charge in [-0.2, -0.15) is 0 Å². The highest BCUT2D eigenvalue weighted by Gasteiger charge is 2.20. The summed E-state index contributed by atoms with van der Waals surface area (Å²) in [6, 6.07) is 0. The van der Waals surface area contributed by atoms with Gasteiger partial charge in [0.05, 0.1) is 6.10 Å². The lowest BCUT2D eigenvalue weighted by atomic mass is 9.85. The third-order valence-electron chi connectivity index (χ3n) is 4.24. The van der Waals surface area contributed by atoms with Crippen LogP contribution in [0.25, 0.3) is 0 Å². The Morgan fingerprint density at radius 2 is 2.12 bits per heavy atom. The van der Waals surface area contributed by atoms with E-state index >= 15 is 0 Å². The molecule has 3 unspecified atom stereocenters. The lowest BCUT2D eigenvalue weighted by Crippen LogP contribution is -2.25. The SMILES string of the molecule is CC1=CCC(CCC2CCC(C)CO2)CC1. The van der Waals surface area contributed by atoms with E-state index in [1.807, 2.05) is 0 Å². The first kappa shape index (κ1) is 12.2. The van der Waals surface area contributed by atoms with Gasteiger partial charge >= 0.3 is 0 Å². The number of hydrogen-bond acceptors (Lipinski definition) is 1. The first-order chi connectivity index (χ1) is 7.74. The molecule has 0 aromatic heterocycles. The molecule has 3 atom stereocenters. The fraction of sp³-hybridized carbons (Fsp3) is 0.867. The van der Waals surface area contributed by atoms with E-state index in [9.17, 15) is 0 Å². The molecule has 1 heteroatoms. The van der Waals surface area contributed by atoms with Crippen molar-refractivity contribution in [3.63, 3.8) is 0 Å². The molecule has 1 aliphatic carbocycles. The second kappa shape index (κ2) is 5.86. The average molecular weight is 222 g/mol. The second-order valence-corrected chi connectivity index (χ2v) is 5.91. The van der Waals surface area contributed by atoms with Crippen LogP contribution in [0.4, 0.5) is 0 Å². The molecule has 1 fully saturated rings. The summed E-state index contributed by atoms with van der Waals surface area (Å²) in [6.45, 7) is 5.56. The van der Waals surface area contributed by atoms with Gasteiger partial charge in [0.2, 0.25) is 0 Å². The maximum atomic E-state index is 5.89. The Bertz CT molecular complexity index is 236. The van der Waals surface area contributed by atoms with Crippen molar-refractivity contribution >= 4 is 0 Å². The Morgan fingerprint density at radius 1 is 1.25 bits per heavy atom. The highest BCUT2D eigenvalue weighted by Crippen LogP contribution is 2.29. The summed E-state index contributed by atoms with van der Waals surface area (Å²) in [5.74, 6) is 1.73. The van der Waals surface area contributed by atoms with Crippen LogP contribution in [-0.4, -0.2) is 12.7 Å². The molecule has 2 aliphatic rings. The first-order valence-corrected chi connectivity index (χ1v) is 7.01. The second-order valence-electron chi connectivity index (χ2n) is 5.91. The van der Waals surface area contributed by atoms with Gasteiger partial charge in [-0.25, -0.2) is 0 Å². The van der Waals surface area contributed by atoms with E-state index < -0.39 is 0 Å². The van der Waals surface area contributed by atoms with Gasteiger partial charge in [0.1, 0.15) is 0 Å². The molecule has 1 heterocycles. The van der Waals surface area contributed by atoms with Gasteiger partial charge in [-0.15, -0.1) is 0 Å². The zero-order valence-electron chi connectivity index (χ0n) is 10.9. The van der Waals surface area contributed by atoms with E-state index in [4.69, 9.17) is 4.74 Å². The quantitative estimate of drug-likeness (QED) is 0.646. The molecule has 1 aliphatic heterocycles. The molecule has 92 valence electrons. The van der Waals surface area contributed by atoms with E-state index in [2.05, 4.69) is 19.9 Å². The monoisotopic (exact) mass is 222 g/mol. The number of allylic oxidation sites excluding steroid dienone is 2. The Balaban J connectivity index is 1.64. The number of ether oxygens (including phenoxy) is 1. The Kier molecular flexibility index (Phi) is 4.45. The minimum absolute atomic E-state index is 0.572. The van der Waals surface area contributed by atoms with E-state index in [1.54, 1.807) is 5.57 Å². The molecule has 0 aromatic rings. The minimum atomic E-state index is 0.572. The van der Waals surface area contributed by atoms with Gasteiger partial charge in [-0.3, -0.25) is 0 Å². The van der Waals surface area contributed by atoms with Crippen LogP contribution in [0, 0.1) is 11.8 Å². The largest absolute Gasteiger partial charge is 0.378 e. The van der Waals surface area contributed by atoms with E-state index in [1.165, 1.54) is 44.9 Å². The summed E-state index contributed by atoms with van der Waals surface area (Å²) in [6.07, 6.45) is 12.4. The molecule has 2 rings (SSSR count). The minimum Gasteiger partial charge on any atom is -0.378 e. The summed E-state index contributed by atoms with van der Waals surface area (Å²) in [5, 5.41) is 0. The van der Waals surface area contributed by atoms with E-state index in [0.717, 1.165) is 18.4 Å². The molecule has 0 spiro atoms. The number of hydrogen-bond donors (Lipinski definition) is 0. The lowest BCUT2D eigenvalue weighted by molar-refractivity contribution is -0.0181. The van der Waals surface area contributed by atoms with Crippen molar-refractivity contribution in [2.75, 3.05) is 6.61 Å². The summed E-state index contributed by atoms with van der Waals surface area (Å²) in [5.41, 5.74) is 1.60. The van der Waals surface area contributed by atoms with Crippen molar-refractivity contribution in [2.45, 2.75) is 64.9 Å². The average Bonchev–Trinajstić information content (AvgIpc) is 2.30. The Morgan fingerprint density at radius 3 is 2.75 bits per heavy atom. The van der Waals surface area contributed by atoms with Gasteiger partial charge in [0.15, 0.2) is 0 Å². The van der Waals surface area contributed by atoms with E-state index in [0.29, 0.717) is 6.10 Å². The normalized spacial score (nSPS) is 35.9. The Labute approximate surface area is 100 Å². The predicted molar refractivity (Wildman–Crippen MR) is 68.5 cm³/mol. The molecule has 0 bridgehead atoms. The highest BCUT2D eigenvalue weighted by molar-refractivity contribution is 5.02. The summed E-state index contributed by atoms with van der Waals surface area (Å²) in [7, 11) is 0. The van der Waals surface area contributed by atoms with Crippen LogP contribution in [0.15, 0.2) is 11.6 Å². The zero-order valence-corrected chi connectivity index (χ0v) is 10.9. The van der Waals surface area contributed by atoms with Crippen LogP contribution < -0.4 is 0 Å². The smallest absolute Gasteiger partial charge is 0.0575 e. The summed E-state index contributed by atoms with van der Waals surface area (Å²) >= 11 is 0. The molecule has 0 saturated carbocycles. The Hall–Kier alpha value is -0.300. The number of rotatable bonds is 3. The van der Waals surface area contributed by atoms with Crippen LogP contribution in [0.3, 0.4) is 0 Å². The van der Waals surface area contributed by atoms with Crippen LogP contribution in [0.1, 0.15) is 58.8 Å². The zero-order chi connectivity index (χ0) is 11.4. The van der Waals surface area contributed by atoms with Crippen molar-refractivity contribution in [1.29, 1.82) is 0 Å². The van der Waals surface area contributed by atoms with Crippen LogP contribution >= 0.6 is 0 Å². The maximum Gasteiger partial charge on any atom is 0.0575 e. The maximum absolute atomic E-state index is 5.89. The molecular formula is C15H26O.